The van der Waals surface area contributed by atoms with Gasteiger partial charge in [-0.3, -0.25) is 4.31 Å². The molecule has 0 aliphatic heterocycles. The average Bonchev–Trinajstić information content (AvgIpc) is 2.64. The Kier molecular flexibility index (Phi) is 8.85. The van der Waals surface area contributed by atoms with Crippen LogP contribution in [0.15, 0.2) is 47.4 Å². The van der Waals surface area contributed by atoms with Gasteiger partial charge in [0.05, 0.1) is 21.4 Å². The second kappa shape index (κ2) is 10.5. The van der Waals surface area contributed by atoms with E-state index < -0.39 is 26.1 Å². The predicted molar refractivity (Wildman–Crippen MR) is 124 cm³/mol. The van der Waals surface area contributed by atoms with E-state index in [2.05, 4.69) is 4.72 Å². The van der Waals surface area contributed by atoms with E-state index in [4.69, 9.17) is 34.8 Å². The molecule has 0 aliphatic carbocycles. The van der Waals surface area contributed by atoms with Crippen molar-refractivity contribution in [2.45, 2.75) is 37.6 Å². The number of halogens is 3. The fourth-order valence-electron chi connectivity index (χ4n) is 2.96. The summed E-state index contributed by atoms with van der Waals surface area (Å²) in [4.78, 5) is 0.0371. The summed E-state index contributed by atoms with van der Waals surface area (Å²) in [5.41, 5.74) is 0.223. The lowest BCUT2D eigenvalue weighted by atomic mass is 10.2. The van der Waals surface area contributed by atoms with Crippen molar-refractivity contribution in [1.82, 2.24) is 4.72 Å². The van der Waals surface area contributed by atoms with Crippen molar-refractivity contribution in [3.8, 4) is 0 Å². The summed E-state index contributed by atoms with van der Waals surface area (Å²) in [6, 6.07) is 9.76. The fraction of sp³-hybridized carbons (Fsp3) is 0.368. The van der Waals surface area contributed by atoms with Crippen LogP contribution >= 0.6 is 34.8 Å². The number of benzene rings is 2. The normalized spacial score (nSPS) is 13.2. The maximum Gasteiger partial charge on any atom is 0.264 e. The fourth-order valence-corrected chi connectivity index (χ4v) is 6.34. The Bertz CT molecular complexity index is 1080. The van der Waals surface area contributed by atoms with E-state index >= 15 is 0 Å². The van der Waals surface area contributed by atoms with Gasteiger partial charge in [0.25, 0.3) is 10.0 Å². The van der Waals surface area contributed by atoms with Crippen molar-refractivity contribution in [3.63, 3.8) is 0 Å². The van der Waals surface area contributed by atoms with E-state index in [1.165, 1.54) is 40.7 Å². The lowest BCUT2D eigenvalue weighted by Gasteiger charge is -2.31. The summed E-state index contributed by atoms with van der Waals surface area (Å²) in [6.07, 6.45) is 0.557. The molecular weight excluding hydrogens is 491 g/mol. The number of nitrogens with zero attached hydrogens (tertiary/aromatic N) is 1. The Labute approximate surface area is 193 Å². The highest BCUT2D eigenvalue weighted by Crippen LogP contribution is 2.35. The number of hydrogen-bond donors (Lipinski definition) is 1. The SMILES string of the molecule is CCNS(=O)(=O)CCCC(C)N(c1cc(Cl)ccc1Cl)S(=O)(=O)c1ccc(Cl)cc1. The van der Waals surface area contributed by atoms with Crippen LogP contribution in [0.25, 0.3) is 0 Å². The van der Waals surface area contributed by atoms with E-state index in [0.29, 0.717) is 23.0 Å². The molecule has 0 spiro atoms. The maximum absolute atomic E-state index is 13.5. The molecule has 2 aromatic carbocycles. The van der Waals surface area contributed by atoms with Crippen LogP contribution in [-0.2, 0) is 20.0 Å². The van der Waals surface area contributed by atoms with Crippen LogP contribution in [0.4, 0.5) is 5.69 Å². The molecule has 0 aromatic heterocycles. The maximum atomic E-state index is 13.5. The van der Waals surface area contributed by atoms with E-state index in [9.17, 15) is 16.8 Å². The molecule has 2 rings (SSSR count). The first-order valence-electron chi connectivity index (χ1n) is 9.20. The van der Waals surface area contributed by atoms with E-state index in [1.54, 1.807) is 19.9 Å². The molecule has 6 nitrogen and oxygen atoms in total. The molecule has 166 valence electrons. The molecule has 1 atom stereocenters. The zero-order chi connectivity index (χ0) is 22.5. The third-order valence-electron chi connectivity index (χ3n) is 4.32. The van der Waals surface area contributed by atoms with E-state index in [1.807, 2.05) is 0 Å². The summed E-state index contributed by atoms with van der Waals surface area (Å²) in [6.45, 7) is 3.69. The van der Waals surface area contributed by atoms with Crippen molar-refractivity contribution < 1.29 is 16.8 Å². The number of sulfonamides is 2. The smallest absolute Gasteiger partial charge is 0.262 e. The van der Waals surface area contributed by atoms with Crippen molar-refractivity contribution in [3.05, 3.63) is 57.5 Å². The van der Waals surface area contributed by atoms with Crippen molar-refractivity contribution in [2.24, 2.45) is 0 Å². The van der Waals surface area contributed by atoms with Crippen LogP contribution in [0.2, 0.25) is 15.1 Å². The lowest BCUT2D eigenvalue weighted by Crippen LogP contribution is -2.39. The quantitative estimate of drug-likeness (QED) is 0.487. The van der Waals surface area contributed by atoms with Gasteiger partial charge in [0, 0.05) is 22.6 Å². The molecule has 0 saturated carbocycles. The summed E-state index contributed by atoms with van der Waals surface area (Å²) in [5.74, 6) is -0.108. The standard InChI is InChI=1S/C19H23Cl3N2O4S2/c1-3-23-29(25,26)12-4-5-14(2)24(19-13-16(21)8-11-18(19)22)30(27,28)17-9-6-15(20)7-10-17/h6-11,13-14,23H,3-5,12H2,1-2H3. The molecule has 1 unspecified atom stereocenters. The van der Waals surface area contributed by atoms with Gasteiger partial charge in [-0.05, 0) is 62.2 Å². The first-order chi connectivity index (χ1) is 14.0. The molecule has 0 amide bonds. The Balaban J connectivity index is 2.41. The van der Waals surface area contributed by atoms with Gasteiger partial charge in [-0.2, -0.15) is 0 Å². The Hall–Kier alpha value is -1.03. The summed E-state index contributed by atoms with van der Waals surface area (Å²) in [5, 5.41) is 0.944. The monoisotopic (exact) mass is 512 g/mol. The van der Waals surface area contributed by atoms with E-state index in [-0.39, 0.29) is 27.8 Å². The molecule has 0 fully saturated rings. The molecular formula is C19H23Cl3N2O4S2. The van der Waals surface area contributed by atoms with Gasteiger partial charge in [0.2, 0.25) is 10.0 Å². The summed E-state index contributed by atoms with van der Waals surface area (Å²) >= 11 is 18.3. The minimum absolute atomic E-state index is 0.0371. The van der Waals surface area contributed by atoms with Gasteiger partial charge in [-0.15, -0.1) is 0 Å². The highest BCUT2D eigenvalue weighted by atomic mass is 35.5. The number of anilines is 1. The first kappa shape index (κ1) is 25.2. The zero-order valence-electron chi connectivity index (χ0n) is 16.5. The number of nitrogens with one attached hydrogen (secondary N) is 1. The Morgan fingerprint density at radius 3 is 2.17 bits per heavy atom. The lowest BCUT2D eigenvalue weighted by molar-refractivity contribution is 0.562. The van der Waals surface area contributed by atoms with Gasteiger partial charge >= 0.3 is 0 Å². The van der Waals surface area contributed by atoms with Gasteiger partial charge in [0.15, 0.2) is 0 Å². The van der Waals surface area contributed by atoms with Gasteiger partial charge in [-0.1, -0.05) is 41.7 Å². The van der Waals surface area contributed by atoms with Gasteiger partial charge < -0.3 is 0 Å². The number of hydrogen-bond acceptors (Lipinski definition) is 4. The molecule has 0 aliphatic rings. The summed E-state index contributed by atoms with van der Waals surface area (Å²) < 4.78 is 54.3. The van der Waals surface area contributed by atoms with Crippen LogP contribution in [0, 0.1) is 0 Å². The Morgan fingerprint density at radius 2 is 1.57 bits per heavy atom. The molecule has 0 heterocycles. The zero-order valence-corrected chi connectivity index (χ0v) is 20.4. The van der Waals surface area contributed by atoms with Crippen LogP contribution < -0.4 is 9.03 Å². The third-order valence-corrected chi connectivity index (χ3v) is 8.62. The number of rotatable bonds is 10. The van der Waals surface area contributed by atoms with E-state index in [0.717, 1.165) is 0 Å². The summed E-state index contributed by atoms with van der Waals surface area (Å²) in [7, 11) is -7.42. The van der Waals surface area contributed by atoms with Crippen molar-refractivity contribution in [2.75, 3.05) is 16.6 Å². The molecule has 0 bridgehead atoms. The molecule has 0 saturated heterocycles. The third kappa shape index (κ3) is 6.48. The van der Waals surface area contributed by atoms with Crippen LogP contribution in [-0.4, -0.2) is 35.2 Å². The topological polar surface area (TPSA) is 83.6 Å². The molecule has 0 radical (unpaired) electrons. The van der Waals surface area contributed by atoms with Crippen LogP contribution in [0.5, 0.6) is 0 Å². The average molecular weight is 514 g/mol. The van der Waals surface area contributed by atoms with Crippen LogP contribution in [0.1, 0.15) is 26.7 Å². The largest absolute Gasteiger partial charge is 0.264 e. The van der Waals surface area contributed by atoms with Crippen LogP contribution in [0.3, 0.4) is 0 Å². The van der Waals surface area contributed by atoms with Crippen molar-refractivity contribution >= 4 is 60.5 Å². The Morgan fingerprint density at radius 1 is 0.967 bits per heavy atom. The highest BCUT2D eigenvalue weighted by Gasteiger charge is 2.31. The van der Waals surface area contributed by atoms with Crippen molar-refractivity contribution in [1.29, 1.82) is 0 Å². The van der Waals surface area contributed by atoms with Gasteiger partial charge in [0.1, 0.15) is 0 Å². The first-order valence-corrected chi connectivity index (χ1v) is 13.4. The molecule has 1 N–H and O–H groups in total. The predicted octanol–water partition coefficient (Wildman–Crippen LogP) is 4.95. The minimum atomic E-state index is -4.02. The minimum Gasteiger partial charge on any atom is -0.262 e. The highest BCUT2D eigenvalue weighted by molar-refractivity contribution is 7.93. The second-order valence-electron chi connectivity index (χ2n) is 6.66. The molecule has 30 heavy (non-hydrogen) atoms. The second-order valence-corrected chi connectivity index (χ2v) is 11.7. The van der Waals surface area contributed by atoms with Gasteiger partial charge in [-0.25, -0.2) is 21.6 Å². The molecule has 2 aromatic rings. The molecule has 11 heteroatoms.